The van der Waals surface area contributed by atoms with Crippen molar-refractivity contribution in [2.45, 2.75) is 26.1 Å². The van der Waals surface area contributed by atoms with Crippen molar-refractivity contribution in [3.8, 4) is 0 Å². The van der Waals surface area contributed by atoms with Gasteiger partial charge in [-0.2, -0.15) is 5.10 Å². The lowest BCUT2D eigenvalue weighted by Gasteiger charge is -2.39. The van der Waals surface area contributed by atoms with Crippen molar-refractivity contribution < 1.29 is 0 Å². The van der Waals surface area contributed by atoms with Crippen LogP contribution in [0.4, 0.5) is 0 Å². The predicted octanol–water partition coefficient (Wildman–Crippen LogP) is 3.81. The Labute approximate surface area is 162 Å². The van der Waals surface area contributed by atoms with Crippen LogP contribution in [0.1, 0.15) is 29.7 Å². The van der Waals surface area contributed by atoms with E-state index in [0.29, 0.717) is 6.04 Å². The van der Waals surface area contributed by atoms with Gasteiger partial charge in [0.25, 0.3) is 0 Å². The summed E-state index contributed by atoms with van der Waals surface area (Å²) in [5.74, 6) is 0. The lowest BCUT2D eigenvalue weighted by Crippen LogP contribution is -2.47. The molecule has 140 valence electrons. The molecule has 1 aromatic heterocycles. The first kappa shape index (κ1) is 18.0. The van der Waals surface area contributed by atoms with E-state index < -0.39 is 0 Å². The largest absolute Gasteiger partial charge is 0.296 e. The maximum absolute atomic E-state index is 4.40. The standard InChI is InChI=1S/C23H28N4/c1-2-27-19-20(17-24-27)18-25-13-15-26(16-14-25)23(21-9-5-3-6-10-21)22-11-7-4-8-12-22/h3-12,17,19,23H,2,13-16,18H2,1H3. The molecule has 1 fully saturated rings. The van der Waals surface area contributed by atoms with Crippen LogP contribution in [0.2, 0.25) is 0 Å². The monoisotopic (exact) mass is 360 g/mol. The van der Waals surface area contributed by atoms with Crippen LogP contribution in [0.3, 0.4) is 0 Å². The van der Waals surface area contributed by atoms with Gasteiger partial charge in [-0.25, -0.2) is 0 Å². The van der Waals surface area contributed by atoms with E-state index >= 15 is 0 Å². The van der Waals surface area contributed by atoms with Crippen molar-refractivity contribution in [3.05, 3.63) is 89.7 Å². The number of piperazine rings is 1. The zero-order valence-corrected chi connectivity index (χ0v) is 16.0. The van der Waals surface area contributed by atoms with E-state index in [1.807, 2.05) is 10.9 Å². The second kappa shape index (κ2) is 8.51. The van der Waals surface area contributed by atoms with Gasteiger partial charge in [0.05, 0.1) is 12.2 Å². The number of benzene rings is 2. The molecular formula is C23H28N4. The molecule has 4 rings (SSSR count). The Kier molecular flexibility index (Phi) is 5.66. The normalized spacial score (nSPS) is 16.1. The maximum atomic E-state index is 4.40. The van der Waals surface area contributed by atoms with Crippen molar-refractivity contribution in [2.24, 2.45) is 0 Å². The van der Waals surface area contributed by atoms with Gasteiger partial charge < -0.3 is 0 Å². The summed E-state index contributed by atoms with van der Waals surface area (Å²) in [6, 6.07) is 22.1. The van der Waals surface area contributed by atoms with Crippen molar-refractivity contribution in [2.75, 3.05) is 26.2 Å². The summed E-state index contributed by atoms with van der Waals surface area (Å²) in [5.41, 5.74) is 4.07. The van der Waals surface area contributed by atoms with Gasteiger partial charge in [-0.3, -0.25) is 14.5 Å². The number of aryl methyl sites for hydroxylation is 1. The summed E-state index contributed by atoms with van der Waals surface area (Å²) in [7, 11) is 0. The zero-order valence-electron chi connectivity index (χ0n) is 16.0. The number of rotatable bonds is 6. The SMILES string of the molecule is CCn1cc(CN2CCN(C(c3ccccc3)c3ccccc3)CC2)cn1. The fraction of sp³-hybridized carbons (Fsp3) is 0.348. The fourth-order valence-corrected chi connectivity index (χ4v) is 3.98. The summed E-state index contributed by atoms with van der Waals surface area (Å²) in [6.45, 7) is 8.40. The molecule has 2 aromatic carbocycles. The highest BCUT2D eigenvalue weighted by atomic mass is 15.3. The number of nitrogens with zero attached hydrogens (tertiary/aromatic N) is 4. The Hall–Kier alpha value is -2.43. The van der Waals surface area contributed by atoms with Crippen molar-refractivity contribution in [3.63, 3.8) is 0 Å². The first-order valence-corrected chi connectivity index (χ1v) is 9.91. The van der Waals surface area contributed by atoms with Crippen LogP contribution in [-0.4, -0.2) is 45.8 Å². The minimum Gasteiger partial charge on any atom is -0.296 e. The maximum Gasteiger partial charge on any atom is 0.0602 e. The molecule has 27 heavy (non-hydrogen) atoms. The average molecular weight is 361 g/mol. The molecule has 0 spiro atoms. The van der Waals surface area contributed by atoms with E-state index in [2.05, 4.69) is 88.7 Å². The zero-order chi connectivity index (χ0) is 18.5. The van der Waals surface area contributed by atoms with E-state index in [1.54, 1.807) is 0 Å². The molecule has 1 saturated heterocycles. The van der Waals surface area contributed by atoms with Crippen LogP contribution >= 0.6 is 0 Å². The third kappa shape index (κ3) is 4.29. The summed E-state index contributed by atoms with van der Waals surface area (Å²) in [6.07, 6.45) is 4.18. The van der Waals surface area contributed by atoms with Gasteiger partial charge in [0.15, 0.2) is 0 Å². The molecule has 0 N–H and O–H groups in total. The lowest BCUT2D eigenvalue weighted by molar-refractivity contribution is 0.105. The third-order valence-electron chi connectivity index (χ3n) is 5.42. The first-order chi connectivity index (χ1) is 13.3. The van der Waals surface area contributed by atoms with Gasteiger partial charge in [0.1, 0.15) is 0 Å². The van der Waals surface area contributed by atoms with Crippen molar-refractivity contribution in [1.29, 1.82) is 0 Å². The molecule has 4 heteroatoms. The lowest BCUT2D eigenvalue weighted by atomic mass is 9.96. The highest BCUT2D eigenvalue weighted by molar-refractivity contribution is 5.32. The Morgan fingerprint density at radius 2 is 1.44 bits per heavy atom. The van der Waals surface area contributed by atoms with Crippen LogP contribution in [0, 0.1) is 0 Å². The van der Waals surface area contributed by atoms with Crippen molar-refractivity contribution in [1.82, 2.24) is 19.6 Å². The molecule has 3 aromatic rings. The molecule has 0 amide bonds. The Morgan fingerprint density at radius 1 is 0.852 bits per heavy atom. The van der Waals surface area contributed by atoms with Crippen LogP contribution in [0.25, 0.3) is 0 Å². The van der Waals surface area contributed by atoms with Gasteiger partial charge in [-0.1, -0.05) is 60.7 Å². The molecule has 0 aliphatic carbocycles. The molecule has 0 radical (unpaired) electrons. The summed E-state index contributed by atoms with van der Waals surface area (Å²) in [5, 5.41) is 4.40. The van der Waals surface area contributed by atoms with Gasteiger partial charge in [0.2, 0.25) is 0 Å². The Bertz CT molecular complexity index is 780. The van der Waals surface area contributed by atoms with E-state index in [0.717, 1.165) is 39.3 Å². The molecular weight excluding hydrogens is 332 g/mol. The predicted molar refractivity (Wildman–Crippen MR) is 109 cm³/mol. The van der Waals surface area contributed by atoms with Gasteiger partial charge >= 0.3 is 0 Å². The van der Waals surface area contributed by atoms with E-state index in [9.17, 15) is 0 Å². The average Bonchev–Trinajstić information content (AvgIpc) is 3.19. The quantitative estimate of drug-likeness (QED) is 0.668. The van der Waals surface area contributed by atoms with Gasteiger partial charge in [0, 0.05) is 51.0 Å². The van der Waals surface area contributed by atoms with Crippen LogP contribution in [-0.2, 0) is 13.1 Å². The highest BCUT2D eigenvalue weighted by Crippen LogP contribution is 2.29. The third-order valence-corrected chi connectivity index (χ3v) is 5.42. The fourth-order valence-electron chi connectivity index (χ4n) is 3.98. The van der Waals surface area contributed by atoms with Crippen LogP contribution in [0.5, 0.6) is 0 Å². The molecule has 2 heterocycles. The molecule has 0 bridgehead atoms. The first-order valence-electron chi connectivity index (χ1n) is 9.91. The smallest absolute Gasteiger partial charge is 0.0602 e. The second-order valence-corrected chi connectivity index (χ2v) is 7.24. The van der Waals surface area contributed by atoms with Crippen molar-refractivity contribution >= 4 is 0 Å². The van der Waals surface area contributed by atoms with Crippen LogP contribution in [0.15, 0.2) is 73.1 Å². The topological polar surface area (TPSA) is 24.3 Å². The number of hydrogen-bond acceptors (Lipinski definition) is 3. The second-order valence-electron chi connectivity index (χ2n) is 7.24. The molecule has 0 unspecified atom stereocenters. The number of hydrogen-bond donors (Lipinski definition) is 0. The minimum atomic E-state index is 0.331. The van der Waals surface area contributed by atoms with E-state index in [4.69, 9.17) is 0 Å². The summed E-state index contributed by atoms with van der Waals surface area (Å²) < 4.78 is 2.01. The van der Waals surface area contributed by atoms with E-state index in [1.165, 1.54) is 16.7 Å². The van der Waals surface area contributed by atoms with Gasteiger partial charge in [-0.15, -0.1) is 0 Å². The summed E-state index contributed by atoms with van der Waals surface area (Å²) >= 11 is 0. The van der Waals surface area contributed by atoms with Gasteiger partial charge in [-0.05, 0) is 18.1 Å². The Balaban J connectivity index is 1.45. The Morgan fingerprint density at radius 3 is 1.96 bits per heavy atom. The minimum absolute atomic E-state index is 0.331. The molecule has 0 atom stereocenters. The highest BCUT2D eigenvalue weighted by Gasteiger charge is 2.26. The molecule has 1 aliphatic heterocycles. The molecule has 0 saturated carbocycles. The summed E-state index contributed by atoms with van der Waals surface area (Å²) in [4.78, 5) is 5.16. The van der Waals surface area contributed by atoms with E-state index in [-0.39, 0.29) is 0 Å². The number of aromatic nitrogens is 2. The van der Waals surface area contributed by atoms with Crippen LogP contribution < -0.4 is 0 Å². The molecule has 1 aliphatic rings. The molecule has 4 nitrogen and oxygen atoms in total.